The van der Waals surface area contributed by atoms with Crippen LogP contribution >= 0.6 is 0 Å². The van der Waals surface area contributed by atoms with Crippen molar-refractivity contribution in [3.05, 3.63) is 36.5 Å². The van der Waals surface area contributed by atoms with Crippen molar-refractivity contribution in [1.82, 2.24) is 5.32 Å². The van der Waals surface area contributed by atoms with Crippen molar-refractivity contribution in [2.45, 2.75) is 301 Å². The van der Waals surface area contributed by atoms with E-state index in [4.69, 9.17) is 9.47 Å². The Morgan fingerprint density at radius 3 is 1.35 bits per heavy atom. The molecule has 1 amide bonds. The Morgan fingerprint density at radius 2 is 0.908 bits per heavy atom. The van der Waals surface area contributed by atoms with Crippen molar-refractivity contribution in [1.29, 1.82) is 0 Å². The summed E-state index contributed by atoms with van der Waals surface area (Å²) in [7, 11) is 0. The molecule has 1 fully saturated rings. The predicted molar refractivity (Wildman–Crippen MR) is 272 cm³/mol. The highest BCUT2D eigenvalue weighted by atomic mass is 16.7. The third-order valence-electron chi connectivity index (χ3n) is 13.2. The van der Waals surface area contributed by atoms with Crippen LogP contribution in [-0.4, -0.2) is 87.5 Å². The highest BCUT2D eigenvalue weighted by Crippen LogP contribution is 2.23. The molecule has 1 rings (SSSR count). The Labute approximate surface area is 400 Å². The lowest BCUT2D eigenvalue weighted by atomic mass is 9.99. The molecule has 6 N–H and O–H groups in total. The molecule has 382 valence electrons. The molecular weight excluding hydrogens is 815 g/mol. The maximum Gasteiger partial charge on any atom is 0.220 e. The molecule has 0 bridgehead atoms. The van der Waals surface area contributed by atoms with Gasteiger partial charge in [0.1, 0.15) is 24.4 Å². The van der Waals surface area contributed by atoms with Crippen LogP contribution in [0.25, 0.3) is 0 Å². The minimum absolute atomic E-state index is 0.181. The first-order valence-electron chi connectivity index (χ1n) is 27.7. The summed E-state index contributed by atoms with van der Waals surface area (Å²) in [6.07, 6.45) is 53.0. The molecule has 0 aliphatic carbocycles. The van der Waals surface area contributed by atoms with Crippen LogP contribution in [0.15, 0.2) is 36.5 Å². The summed E-state index contributed by atoms with van der Waals surface area (Å²) >= 11 is 0. The maximum absolute atomic E-state index is 12.9. The van der Waals surface area contributed by atoms with Crippen LogP contribution < -0.4 is 5.32 Å². The topological polar surface area (TPSA) is 149 Å². The van der Waals surface area contributed by atoms with E-state index >= 15 is 0 Å². The largest absolute Gasteiger partial charge is 0.394 e. The van der Waals surface area contributed by atoms with Crippen molar-refractivity contribution in [2.24, 2.45) is 0 Å². The van der Waals surface area contributed by atoms with Gasteiger partial charge < -0.3 is 40.3 Å². The lowest BCUT2D eigenvalue weighted by Gasteiger charge is -2.40. The molecule has 0 aromatic carbocycles. The van der Waals surface area contributed by atoms with Crippen LogP contribution in [0.2, 0.25) is 0 Å². The predicted octanol–water partition coefficient (Wildman–Crippen LogP) is 13.2. The Balaban J connectivity index is 1.94. The fourth-order valence-electron chi connectivity index (χ4n) is 8.78. The van der Waals surface area contributed by atoms with E-state index in [1.807, 2.05) is 6.08 Å². The zero-order valence-electron chi connectivity index (χ0n) is 42.3. The molecule has 0 radical (unpaired) electrons. The SMILES string of the molecule is CCCCC/C=C/C(O)C(COC1OC(CO)C(O)C(O)C1O)NC(=O)CCCCCCCCCCCCCCCCCCCCCCCCCCC/C=C\C/C=C\CCCCCCC. The second-order valence-electron chi connectivity index (χ2n) is 19.4. The van der Waals surface area contributed by atoms with Crippen LogP contribution in [0.3, 0.4) is 0 Å². The number of aliphatic hydroxyl groups excluding tert-OH is 5. The third kappa shape index (κ3) is 36.1. The average molecular weight is 920 g/mol. The van der Waals surface area contributed by atoms with Crippen molar-refractivity contribution >= 4 is 5.91 Å². The van der Waals surface area contributed by atoms with E-state index in [2.05, 4.69) is 43.5 Å². The van der Waals surface area contributed by atoms with Gasteiger partial charge in [0.05, 0.1) is 25.4 Å². The number of aliphatic hydroxyl groups is 5. The van der Waals surface area contributed by atoms with Gasteiger partial charge in [-0.3, -0.25) is 4.79 Å². The summed E-state index contributed by atoms with van der Waals surface area (Å²) in [5.41, 5.74) is 0. The van der Waals surface area contributed by atoms with Gasteiger partial charge in [-0.25, -0.2) is 0 Å². The van der Waals surface area contributed by atoms with Gasteiger partial charge in [-0.15, -0.1) is 0 Å². The van der Waals surface area contributed by atoms with Gasteiger partial charge in [-0.1, -0.05) is 237 Å². The van der Waals surface area contributed by atoms with Crippen LogP contribution in [-0.2, 0) is 14.3 Å². The molecule has 1 aliphatic rings. The van der Waals surface area contributed by atoms with Gasteiger partial charge in [-0.05, 0) is 51.4 Å². The Kier molecular flexibility index (Phi) is 43.6. The Morgan fingerprint density at radius 1 is 0.523 bits per heavy atom. The zero-order chi connectivity index (χ0) is 47.3. The number of hydrogen-bond donors (Lipinski definition) is 6. The normalized spacial score (nSPS) is 20.1. The van der Waals surface area contributed by atoms with Gasteiger partial charge in [-0.2, -0.15) is 0 Å². The van der Waals surface area contributed by atoms with Crippen molar-refractivity contribution in [3.63, 3.8) is 0 Å². The number of unbranched alkanes of at least 4 members (excludes halogenated alkanes) is 33. The zero-order valence-corrected chi connectivity index (χ0v) is 42.3. The van der Waals surface area contributed by atoms with E-state index in [-0.39, 0.29) is 12.5 Å². The lowest BCUT2D eigenvalue weighted by Crippen LogP contribution is -2.60. The first-order valence-corrected chi connectivity index (χ1v) is 27.7. The second-order valence-corrected chi connectivity index (χ2v) is 19.4. The van der Waals surface area contributed by atoms with E-state index in [1.54, 1.807) is 6.08 Å². The molecule has 1 heterocycles. The summed E-state index contributed by atoms with van der Waals surface area (Å²) in [5.74, 6) is -0.181. The van der Waals surface area contributed by atoms with Gasteiger partial charge in [0, 0.05) is 6.42 Å². The smallest absolute Gasteiger partial charge is 0.220 e. The number of carbonyl (C=O) groups excluding carboxylic acids is 1. The van der Waals surface area contributed by atoms with Crippen LogP contribution in [0, 0.1) is 0 Å². The van der Waals surface area contributed by atoms with Crippen LogP contribution in [0.4, 0.5) is 0 Å². The van der Waals surface area contributed by atoms with Gasteiger partial charge in [0.15, 0.2) is 6.29 Å². The molecule has 1 aliphatic heterocycles. The second kappa shape index (κ2) is 46.2. The van der Waals surface area contributed by atoms with E-state index in [0.717, 1.165) is 51.4 Å². The lowest BCUT2D eigenvalue weighted by molar-refractivity contribution is -0.302. The number of allylic oxidation sites excluding steroid dienone is 5. The fourth-order valence-corrected chi connectivity index (χ4v) is 8.78. The molecule has 0 aromatic rings. The number of ether oxygens (including phenoxy) is 2. The van der Waals surface area contributed by atoms with E-state index in [9.17, 15) is 30.3 Å². The highest BCUT2D eigenvalue weighted by molar-refractivity contribution is 5.76. The molecule has 65 heavy (non-hydrogen) atoms. The maximum atomic E-state index is 12.9. The number of rotatable bonds is 47. The first kappa shape index (κ1) is 61.4. The number of hydrogen-bond acceptors (Lipinski definition) is 8. The van der Waals surface area contributed by atoms with Crippen molar-refractivity contribution < 1.29 is 39.8 Å². The van der Waals surface area contributed by atoms with Crippen molar-refractivity contribution in [2.75, 3.05) is 13.2 Å². The standard InChI is InChI=1S/C56H105NO8/c1-3-5-7-9-10-11-12-13-14-15-16-17-18-19-20-21-22-23-24-25-26-27-28-29-30-31-32-33-34-35-36-37-38-39-40-42-44-46-52(60)57-49(50(59)45-43-41-8-6-4-2)48-64-56-55(63)54(62)53(61)51(47-58)65-56/h12-13,15-16,43,45,49-51,53-56,58-59,61-63H,3-11,14,17-42,44,46-48H2,1-2H3,(H,57,60)/b13-12-,16-15-,45-43+. The summed E-state index contributed by atoms with van der Waals surface area (Å²) in [6.45, 7) is 3.66. The molecule has 7 unspecified atom stereocenters. The number of amides is 1. The van der Waals surface area contributed by atoms with Gasteiger partial charge in [0.2, 0.25) is 5.91 Å². The average Bonchev–Trinajstić information content (AvgIpc) is 3.31. The summed E-state index contributed by atoms with van der Waals surface area (Å²) < 4.78 is 11.1. The summed E-state index contributed by atoms with van der Waals surface area (Å²) in [5, 5.41) is 53.8. The number of nitrogens with one attached hydrogen (secondary N) is 1. The molecule has 1 saturated heterocycles. The molecule has 7 atom stereocenters. The van der Waals surface area contributed by atoms with E-state index in [1.165, 1.54) is 186 Å². The molecule has 9 heteroatoms. The molecule has 9 nitrogen and oxygen atoms in total. The fraction of sp³-hybridized carbons (Fsp3) is 0.875. The molecular formula is C56H105NO8. The molecule has 0 aromatic heterocycles. The van der Waals surface area contributed by atoms with E-state index < -0.39 is 49.5 Å². The van der Waals surface area contributed by atoms with Gasteiger partial charge >= 0.3 is 0 Å². The monoisotopic (exact) mass is 920 g/mol. The quantitative estimate of drug-likeness (QED) is 0.0261. The van der Waals surface area contributed by atoms with Crippen LogP contribution in [0.1, 0.15) is 258 Å². The highest BCUT2D eigenvalue weighted by Gasteiger charge is 2.44. The first-order chi connectivity index (χ1) is 31.8. The number of carbonyl (C=O) groups is 1. The Hall–Kier alpha value is -1.59. The van der Waals surface area contributed by atoms with Crippen LogP contribution in [0.5, 0.6) is 0 Å². The molecule has 0 saturated carbocycles. The minimum Gasteiger partial charge on any atom is -0.394 e. The molecule has 0 spiro atoms. The summed E-state index contributed by atoms with van der Waals surface area (Å²) in [6, 6.07) is -0.798. The minimum atomic E-state index is -1.56. The van der Waals surface area contributed by atoms with Crippen molar-refractivity contribution in [3.8, 4) is 0 Å². The van der Waals surface area contributed by atoms with E-state index in [0.29, 0.717) is 6.42 Å². The Bertz CT molecular complexity index is 1110. The third-order valence-corrected chi connectivity index (χ3v) is 13.2. The van der Waals surface area contributed by atoms with Gasteiger partial charge in [0.25, 0.3) is 0 Å². The summed E-state index contributed by atoms with van der Waals surface area (Å²) in [4.78, 5) is 12.9.